The third kappa shape index (κ3) is 1.60. The van der Waals surface area contributed by atoms with E-state index in [-0.39, 0.29) is 0 Å². The molecule has 3 nitrogen and oxygen atoms in total. The zero-order valence-electron chi connectivity index (χ0n) is 8.95. The normalized spacial score (nSPS) is 11.0. The van der Waals surface area contributed by atoms with E-state index in [2.05, 4.69) is 46.3 Å². The van der Waals surface area contributed by atoms with E-state index in [0.717, 1.165) is 13.0 Å². The highest BCUT2D eigenvalue weighted by atomic mass is 15.2. The summed E-state index contributed by atoms with van der Waals surface area (Å²) in [6.45, 7) is 1.00. The molecule has 0 radical (unpaired) electrons. The summed E-state index contributed by atoms with van der Waals surface area (Å²) >= 11 is 0. The Morgan fingerprint density at radius 2 is 1.81 bits per heavy atom. The average molecular weight is 211 g/mol. The number of rotatable bonds is 3. The van der Waals surface area contributed by atoms with E-state index in [1.54, 1.807) is 0 Å². The van der Waals surface area contributed by atoms with Crippen molar-refractivity contribution in [2.24, 2.45) is 0 Å². The molecule has 0 amide bonds. The summed E-state index contributed by atoms with van der Waals surface area (Å²) in [6, 6.07) is 10.3. The van der Waals surface area contributed by atoms with Gasteiger partial charge in [-0.3, -0.25) is 0 Å². The third-order valence-electron chi connectivity index (χ3n) is 2.81. The molecule has 0 atom stereocenters. The molecule has 3 aromatic rings. The summed E-state index contributed by atoms with van der Waals surface area (Å²) in [6.07, 6.45) is 9.13. The lowest BCUT2D eigenvalue weighted by atomic mass is 10.2. The number of hydrogen-bond acceptors (Lipinski definition) is 1. The van der Waals surface area contributed by atoms with E-state index in [0.29, 0.717) is 0 Å². The maximum absolute atomic E-state index is 4.33. The molecule has 0 aliphatic carbocycles. The quantitative estimate of drug-likeness (QED) is 0.652. The Labute approximate surface area is 93.9 Å². The van der Waals surface area contributed by atoms with Gasteiger partial charge in [-0.2, -0.15) is 5.10 Å². The fourth-order valence-corrected chi connectivity index (χ4v) is 1.95. The lowest BCUT2D eigenvalue weighted by Gasteiger charge is -2.01. The Kier molecular flexibility index (Phi) is 2.22. The number of aryl methyl sites for hydroxylation is 2. The molecule has 3 heteroatoms. The van der Waals surface area contributed by atoms with Crippen molar-refractivity contribution in [1.29, 1.82) is 0 Å². The molecular weight excluding hydrogens is 198 g/mol. The van der Waals surface area contributed by atoms with Gasteiger partial charge >= 0.3 is 0 Å². The highest BCUT2D eigenvalue weighted by Crippen LogP contribution is 2.11. The second-order valence-corrected chi connectivity index (χ2v) is 3.87. The number of aromatic nitrogens is 3. The molecule has 0 spiro atoms. The predicted octanol–water partition coefficient (Wildman–Crippen LogP) is 2.38. The Bertz CT molecular complexity index is 578. The molecule has 0 bridgehead atoms. The SMILES string of the molecule is c1ccn2ncc(CCn3cccc3)c2c1. The highest BCUT2D eigenvalue weighted by Gasteiger charge is 2.02. The first-order valence-corrected chi connectivity index (χ1v) is 5.45. The largest absolute Gasteiger partial charge is 0.354 e. The van der Waals surface area contributed by atoms with E-state index >= 15 is 0 Å². The molecule has 3 rings (SSSR count). The van der Waals surface area contributed by atoms with E-state index in [9.17, 15) is 0 Å². The predicted molar refractivity (Wildman–Crippen MR) is 63.3 cm³/mol. The van der Waals surface area contributed by atoms with E-state index in [1.807, 2.05) is 23.0 Å². The number of fused-ring (bicyclic) bond motifs is 1. The zero-order chi connectivity index (χ0) is 10.8. The van der Waals surface area contributed by atoms with Gasteiger partial charge in [0.2, 0.25) is 0 Å². The number of hydrogen-bond donors (Lipinski definition) is 0. The minimum Gasteiger partial charge on any atom is -0.354 e. The number of pyridine rings is 1. The van der Waals surface area contributed by atoms with Gasteiger partial charge in [0.25, 0.3) is 0 Å². The van der Waals surface area contributed by atoms with E-state index in [4.69, 9.17) is 0 Å². The summed E-state index contributed by atoms with van der Waals surface area (Å²) in [7, 11) is 0. The van der Waals surface area contributed by atoms with Crippen molar-refractivity contribution in [2.75, 3.05) is 0 Å². The van der Waals surface area contributed by atoms with Crippen LogP contribution in [-0.2, 0) is 13.0 Å². The van der Waals surface area contributed by atoms with Crippen LogP contribution in [0.1, 0.15) is 5.56 Å². The van der Waals surface area contributed by atoms with Crippen LogP contribution in [-0.4, -0.2) is 14.2 Å². The molecule has 0 aliphatic heterocycles. The monoisotopic (exact) mass is 211 g/mol. The van der Waals surface area contributed by atoms with Gasteiger partial charge in [0.1, 0.15) is 0 Å². The molecule has 0 aliphatic rings. The second kappa shape index (κ2) is 3.85. The van der Waals surface area contributed by atoms with Gasteiger partial charge in [-0.25, -0.2) is 4.52 Å². The smallest absolute Gasteiger partial charge is 0.0694 e. The summed E-state index contributed by atoms with van der Waals surface area (Å²) in [5.74, 6) is 0. The van der Waals surface area contributed by atoms with Crippen LogP contribution >= 0.6 is 0 Å². The number of nitrogens with zero attached hydrogens (tertiary/aromatic N) is 3. The first-order valence-electron chi connectivity index (χ1n) is 5.45. The van der Waals surface area contributed by atoms with Crippen LogP contribution in [0.25, 0.3) is 5.52 Å². The van der Waals surface area contributed by atoms with E-state index in [1.165, 1.54) is 11.1 Å². The van der Waals surface area contributed by atoms with Crippen LogP contribution in [0, 0.1) is 0 Å². The first kappa shape index (κ1) is 9.21. The van der Waals surface area contributed by atoms with Gasteiger partial charge in [-0.1, -0.05) is 6.07 Å². The van der Waals surface area contributed by atoms with Gasteiger partial charge in [0.05, 0.1) is 11.7 Å². The Morgan fingerprint density at radius 1 is 1.00 bits per heavy atom. The van der Waals surface area contributed by atoms with Crippen molar-refractivity contribution in [2.45, 2.75) is 13.0 Å². The van der Waals surface area contributed by atoms with Crippen molar-refractivity contribution < 1.29 is 0 Å². The third-order valence-corrected chi connectivity index (χ3v) is 2.81. The fraction of sp³-hybridized carbons (Fsp3) is 0.154. The van der Waals surface area contributed by atoms with Crippen LogP contribution in [0.3, 0.4) is 0 Å². The molecular formula is C13H13N3. The van der Waals surface area contributed by atoms with Gasteiger partial charge in [-0.15, -0.1) is 0 Å². The molecule has 0 N–H and O–H groups in total. The molecule has 0 aromatic carbocycles. The first-order chi connectivity index (χ1) is 7.93. The van der Waals surface area contributed by atoms with Crippen molar-refractivity contribution >= 4 is 5.52 Å². The van der Waals surface area contributed by atoms with E-state index < -0.39 is 0 Å². The molecule has 0 fully saturated rings. The van der Waals surface area contributed by atoms with Gasteiger partial charge in [0.15, 0.2) is 0 Å². The molecule has 16 heavy (non-hydrogen) atoms. The Morgan fingerprint density at radius 3 is 2.69 bits per heavy atom. The molecule has 0 saturated carbocycles. The van der Waals surface area contributed by atoms with Crippen LogP contribution in [0.4, 0.5) is 0 Å². The minimum absolute atomic E-state index is 1.00. The summed E-state index contributed by atoms with van der Waals surface area (Å²) < 4.78 is 4.11. The maximum Gasteiger partial charge on any atom is 0.0694 e. The van der Waals surface area contributed by atoms with Crippen LogP contribution in [0.15, 0.2) is 55.1 Å². The fourth-order valence-electron chi connectivity index (χ4n) is 1.95. The molecule has 0 unspecified atom stereocenters. The van der Waals surface area contributed by atoms with Crippen LogP contribution in [0.5, 0.6) is 0 Å². The zero-order valence-corrected chi connectivity index (χ0v) is 8.95. The minimum atomic E-state index is 1.00. The molecule has 3 aromatic heterocycles. The average Bonchev–Trinajstić information content (AvgIpc) is 2.96. The van der Waals surface area contributed by atoms with Gasteiger partial charge in [0, 0.05) is 25.1 Å². The standard InChI is InChI=1S/C13H13N3/c1-2-9-16-13(5-1)12(11-14-16)6-10-15-7-3-4-8-15/h1-5,7-9,11H,6,10H2. The van der Waals surface area contributed by atoms with Crippen molar-refractivity contribution in [3.63, 3.8) is 0 Å². The molecule has 0 saturated heterocycles. The highest BCUT2D eigenvalue weighted by molar-refractivity contribution is 5.53. The summed E-state index contributed by atoms with van der Waals surface area (Å²) in [4.78, 5) is 0. The lowest BCUT2D eigenvalue weighted by molar-refractivity contribution is 0.703. The van der Waals surface area contributed by atoms with Crippen LogP contribution < -0.4 is 0 Å². The lowest BCUT2D eigenvalue weighted by Crippen LogP contribution is -1.97. The molecule has 3 heterocycles. The molecule has 80 valence electrons. The van der Waals surface area contributed by atoms with Crippen molar-refractivity contribution in [3.8, 4) is 0 Å². The van der Waals surface area contributed by atoms with Gasteiger partial charge < -0.3 is 4.57 Å². The Hall–Kier alpha value is -2.03. The Balaban J connectivity index is 1.84. The maximum atomic E-state index is 4.33. The van der Waals surface area contributed by atoms with Crippen molar-refractivity contribution in [3.05, 3.63) is 60.7 Å². The van der Waals surface area contributed by atoms with Gasteiger partial charge in [-0.05, 0) is 36.2 Å². The summed E-state index contributed by atoms with van der Waals surface area (Å²) in [5, 5.41) is 4.33. The van der Waals surface area contributed by atoms with Crippen molar-refractivity contribution in [1.82, 2.24) is 14.2 Å². The topological polar surface area (TPSA) is 22.2 Å². The second-order valence-electron chi connectivity index (χ2n) is 3.87. The van der Waals surface area contributed by atoms with Crippen LogP contribution in [0.2, 0.25) is 0 Å². The summed E-state index contributed by atoms with van der Waals surface area (Å²) in [5.41, 5.74) is 2.50.